The van der Waals surface area contributed by atoms with Crippen molar-refractivity contribution in [1.82, 2.24) is 19.7 Å². The van der Waals surface area contributed by atoms with E-state index in [1.807, 2.05) is 25.7 Å². The second kappa shape index (κ2) is 5.36. The maximum atomic E-state index is 12.3. The fourth-order valence-corrected chi connectivity index (χ4v) is 2.92. The van der Waals surface area contributed by atoms with Gasteiger partial charge < -0.3 is 10.0 Å². The number of nitrogens with zero attached hydrogens (tertiary/aromatic N) is 4. The summed E-state index contributed by atoms with van der Waals surface area (Å²) in [5.74, 6) is -0.824. The van der Waals surface area contributed by atoms with Crippen molar-refractivity contribution in [2.75, 3.05) is 18.0 Å². The molecule has 23 heavy (non-hydrogen) atoms. The molecular formula is C15H21N5O3. The number of hydrogen-bond acceptors (Lipinski definition) is 5. The highest BCUT2D eigenvalue weighted by Crippen LogP contribution is 2.23. The number of piperidine rings is 1. The maximum Gasteiger partial charge on any atom is 0.308 e. The summed E-state index contributed by atoms with van der Waals surface area (Å²) in [6.45, 7) is 7.01. The third-order valence-electron chi connectivity index (χ3n) is 4.13. The zero-order valence-electron chi connectivity index (χ0n) is 13.5. The van der Waals surface area contributed by atoms with Gasteiger partial charge in [0.05, 0.1) is 17.7 Å². The van der Waals surface area contributed by atoms with Gasteiger partial charge in [-0.05, 0) is 33.6 Å². The summed E-state index contributed by atoms with van der Waals surface area (Å²) in [6.07, 6.45) is 2.93. The van der Waals surface area contributed by atoms with Gasteiger partial charge >= 0.3 is 5.97 Å². The number of nitrogens with one attached hydrogen (secondary N) is 1. The van der Waals surface area contributed by atoms with E-state index >= 15 is 0 Å². The van der Waals surface area contributed by atoms with Gasteiger partial charge in [-0.25, -0.2) is 4.68 Å². The van der Waals surface area contributed by atoms with Crippen molar-refractivity contribution in [2.24, 2.45) is 5.92 Å². The molecule has 1 aliphatic heterocycles. The number of aliphatic carboxylic acids is 1. The molecule has 0 amide bonds. The predicted octanol–water partition coefficient (Wildman–Crippen LogP) is 1.18. The lowest BCUT2D eigenvalue weighted by molar-refractivity contribution is -0.141. The lowest BCUT2D eigenvalue weighted by Gasteiger charge is -2.31. The first-order valence-corrected chi connectivity index (χ1v) is 7.73. The molecule has 8 nitrogen and oxygen atoms in total. The Morgan fingerprint density at radius 3 is 2.83 bits per heavy atom. The van der Waals surface area contributed by atoms with Gasteiger partial charge in [-0.1, -0.05) is 0 Å². The third kappa shape index (κ3) is 2.80. The molecule has 1 fully saturated rings. The first-order chi connectivity index (χ1) is 10.8. The van der Waals surface area contributed by atoms with Crippen LogP contribution in [0, 0.1) is 5.92 Å². The van der Waals surface area contributed by atoms with Gasteiger partial charge in [0.25, 0.3) is 5.56 Å². The molecule has 1 atom stereocenters. The van der Waals surface area contributed by atoms with Crippen LogP contribution in [0.1, 0.15) is 33.6 Å². The van der Waals surface area contributed by atoms with E-state index in [1.54, 1.807) is 4.68 Å². The minimum absolute atomic E-state index is 0.252. The average Bonchev–Trinajstić information content (AvgIpc) is 2.92. The third-order valence-corrected chi connectivity index (χ3v) is 4.13. The van der Waals surface area contributed by atoms with E-state index in [0.717, 1.165) is 6.42 Å². The van der Waals surface area contributed by atoms with Crippen LogP contribution in [-0.4, -0.2) is 43.9 Å². The van der Waals surface area contributed by atoms with Gasteiger partial charge in [0, 0.05) is 13.1 Å². The average molecular weight is 319 g/mol. The summed E-state index contributed by atoms with van der Waals surface area (Å²) < 4.78 is 1.72. The van der Waals surface area contributed by atoms with Crippen molar-refractivity contribution >= 4 is 23.0 Å². The summed E-state index contributed by atoms with van der Waals surface area (Å²) in [6, 6.07) is 0. The first kappa shape index (κ1) is 15.5. The Labute approximate surface area is 133 Å². The Kier molecular flexibility index (Phi) is 3.62. The molecule has 1 aliphatic rings. The van der Waals surface area contributed by atoms with Crippen LogP contribution in [0.4, 0.5) is 5.95 Å². The molecule has 2 aromatic rings. The van der Waals surface area contributed by atoms with E-state index in [4.69, 9.17) is 0 Å². The largest absolute Gasteiger partial charge is 0.481 e. The standard InChI is InChI=1S/C15H21N5O3/c1-15(2,3)20-11-10(7-16-20)12(21)18-14(17-11)19-6-4-5-9(8-19)13(22)23/h7,9H,4-6,8H2,1-3H3,(H,22,23)(H,17,18,21). The van der Waals surface area contributed by atoms with E-state index in [-0.39, 0.29) is 11.1 Å². The van der Waals surface area contributed by atoms with Crippen molar-refractivity contribution in [3.63, 3.8) is 0 Å². The number of fused-ring (bicyclic) bond motifs is 1. The molecule has 3 rings (SSSR count). The summed E-state index contributed by atoms with van der Waals surface area (Å²) in [4.78, 5) is 32.7. The molecule has 0 bridgehead atoms. The fraction of sp³-hybridized carbons (Fsp3) is 0.600. The van der Waals surface area contributed by atoms with Crippen LogP contribution in [0.25, 0.3) is 11.0 Å². The summed E-state index contributed by atoms with van der Waals surface area (Å²) in [5.41, 5.74) is -0.0302. The molecule has 0 aromatic carbocycles. The number of carboxylic acid groups (broad SMARTS) is 1. The van der Waals surface area contributed by atoms with E-state index in [1.165, 1.54) is 6.20 Å². The Morgan fingerprint density at radius 2 is 2.17 bits per heavy atom. The number of rotatable bonds is 2. The number of hydrogen-bond donors (Lipinski definition) is 2. The molecule has 124 valence electrons. The monoisotopic (exact) mass is 319 g/mol. The van der Waals surface area contributed by atoms with Crippen molar-refractivity contribution in [3.05, 3.63) is 16.6 Å². The van der Waals surface area contributed by atoms with Crippen LogP contribution in [-0.2, 0) is 10.3 Å². The topological polar surface area (TPSA) is 104 Å². The number of H-pyrrole nitrogens is 1. The second-order valence-electron chi connectivity index (χ2n) is 6.98. The molecule has 8 heteroatoms. The highest BCUT2D eigenvalue weighted by molar-refractivity contribution is 5.75. The Balaban J connectivity index is 2.05. The molecule has 0 radical (unpaired) electrons. The number of carboxylic acids is 1. The summed E-state index contributed by atoms with van der Waals surface area (Å²) in [5, 5.41) is 13.9. The molecule has 1 unspecified atom stereocenters. The Hall–Kier alpha value is -2.38. The van der Waals surface area contributed by atoms with Crippen molar-refractivity contribution in [2.45, 2.75) is 39.2 Å². The highest BCUT2D eigenvalue weighted by Gasteiger charge is 2.28. The smallest absolute Gasteiger partial charge is 0.308 e. The van der Waals surface area contributed by atoms with Crippen molar-refractivity contribution in [1.29, 1.82) is 0 Å². The van der Waals surface area contributed by atoms with E-state index in [0.29, 0.717) is 36.5 Å². The lowest BCUT2D eigenvalue weighted by Crippen LogP contribution is -2.40. The molecule has 0 spiro atoms. The Morgan fingerprint density at radius 1 is 1.43 bits per heavy atom. The minimum Gasteiger partial charge on any atom is -0.481 e. The van der Waals surface area contributed by atoms with Crippen LogP contribution in [0.5, 0.6) is 0 Å². The van der Waals surface area contributed by atoms with Gasteiger partial charge in [-0.2, -0.15) is 10.1 Å². The molecule has 0 aliphatic carbocycles. The maximum absolute atomic E-state index is 12.3. The van der Waals surface area contributed by atoms with E-state index in [2.05, 4.69) is 15.1 Å². The zero-order valence-corrected chi connectivity index (χ0v) is 13.5. The fourth-order valence-electron chi connectivity index (χ4n) is 2.92. The normalized spacial score (nSPS) is 19.3. The quantitative estimate of drug-likeness (QED) is 0.861. The number of aromatic amines is 1. The molecular weight excluding hydrogens is 298 g/mol. The van der Waals surface area contributed by atoms with Crippen molar-refractivity contribution < 1.29 is 9.90 Å². The predicted molar refractivity (Wildman–Crippen MR) is 85.7 cm³/mol. The van der Waals surface area contributed by atoms with Crippen LogP contribution < -0.4 is 10.5 Å². The van der Waals surface area contributed by atoms with Gasteiger partial charge in [-0.15, -0.1) is 0 Å². The number of aromatic nitrogens is 4. The summed E-state index contributed by atoms with van der Waals surface area (Å²) >= 11 is 0. The van der Waals surface area contributed by atoms with Crippen LogP contribution >= 0.6 is 0 Å². The van der Waals surface area contributed by atoms with Gasteiger partial charge in [0.1, 0.15) is 5.39 Å². The molecule has 2 N–H and O–H groups in total. The molecule has 2 aromatic heterocycles. The zero-order chi connectivity index (χ0) is 16.8. The van der Waals surface area contributed by atoms with Crippen LogP contribution in [0.2, 0.25) is 0 Å². The minimum atomic E-state index is -0.808. The molecule has 1 saturated heterocycles. The SMILES string of the molecule is CC(C)(C)n1ncc2c(=O)[nH]c(N3CCCC(C(=O)O)C3)nc21. The van der Waals surface area contributed by atoms with Gasteiger partial charge in [-0.3, -0.25) is 14.6 Å². The number of carbonyl (C=O) groups is 1. The van der Waals surface area contributed by atoms with Crippen LogP contribution in [0.15, 0.2) is 11.0 Å². The van der Waals surface area contributed by atoms with E-state index in [9.17, 15) is 14.7 Å². The van der Waals surface area contributed by atoms with E-state index < -0.39 is 11.9 Å². The molecule has 3 heterocycles. The lowest BCUT2D eigenvalue weighted by atomic mass is 9.99. The summed E-state index contributed by atoms with van der Waals surface area (Å²) in [7, 11) is 0. The highest BCUT2D eigenvalue weighted by atomic mass is 16.4. The number of anilines is 1. The first-order valence-electron chi connectivity index (χ1n) is 7.73. The van der Waals surface area contributed by atoms with Gasteiger partial charge in [0.2, 0.25) is 5.95 Å². The molecule has 0 saturated carbocycles. The van der Waals surface area contributed by atoms with Crippen molar-refractivity contribution in [3.8, 4) is 0 Å². The second-order valence-corrected chi connectivity index (χ2v) is 6.98. The van der Waals surface area contributed by atoms with Gasteiger partial charge in [0.15, 0.2) is 5.65 Å². The Bertz CT molecular complexity index is 802. The van der Waals surface area contributed by atoms with Crippen LogP contribution in [0.3, 0.4) is 0 Å².